The molecule has 6 atom stereocenters. The van der Waals surface area contributed by atoms with Crippen LogP contribution in [0.1, 0.15) is 94.9 Å². The normalized spacial score (nSPS) is 24.4. The van der Waals surface area contributed by atoms with Crippen molar-refractivity contribution in [2.24, 2.45) is 39.7 Å². The van der Waals surface area contributed by atoms with Crippen LogP contribution < -0.4 is 21.7 Å². The van der Waals surface area contributed by atoms with Crippen molar-refractivity contribution in [2.75, 3.05) is 13.6 Å². The Labute approximate surface area is 268 Å². The average Bonchev–Trinajstić information content (AvgIpc) is 3.20. The molecule has 3 rings (SSSR count). The Bertz CT molecular complexity index is 1200. The van der Waals surface area contributed by atoms with Gasteiger partial charge < -0.3 is 31.5 Å². The van der Waals surface area contributed by atoms with Gasteiger partial charge in [0.1, 0.15) is 18.1 Å². The van der Waals surface area contributed by atoms with Gasteiger partial charge in [0.15, 0.2) is 0 Å². The van der Waals surface area contributed by atoms with Crippen molar-refractivity contribution in [3.8, 4) is 0 Å². The lowest BCUT2D eigenvalue weighted by molar-refractivity contribution is -0.145. The second-order valence-electron chi connectivity index (χ2n) is 16.5. The summed E-state index contributed by atoms with van der Waals surface area (Å²) in [6, 6.07) is -4.53. The van der Waals surface area contributed by atoms with E-state index in [1.807, 2.05) is 55.4 Å². The maximum Gasteiger partial charge on any atom is 0.316 e. The van der Waals surface area contributed by atoms with Crippen molar-refractivity contribution in [1.29, 1.82) is 0 Å². The Balaban J connectivity index is 1.84. The fraction of sp³-hybridized carbons (Fsp3) is 0.818. The number of piperidine rings is 1. The second kappa shape index (κ2) is 12.9. The number of carbonyl (C=O) groups is 6. The van der Waals surface area contributed by atoms with E-state index in [-0.39, 0.29) is 35.1 Å². The van der Waals surface area contributed by atoms with E-state index in [9.17, 15) is 28.8 Å². The molecule has 1 saturated heterocycles. The van der Waals surface area contributed by atoms with Crippen molar-refractivity contribution in [3.05, 3.63) is 0 Å². The second-order valence-corrected chi connectivity index (χ2v) is 16.5. The number of nitrogens with zero attached hydrogens (tertiary/aromatic N) is 2. The van der Waals surface area contributed by atoms with Gasteiger partial charge in [0.25, 0.3) is 5.91 Å². The van der Waals surface area contributed by atoms with Crippen LogP contribution >= 0.6 is 0 Å². The van der Waals surface area contributed by atoms with E-state index in [2.05, 4.69) is 29.8 Å². The van der Waals surface area contributed by atoms with Gasteiger partial charge in [-0.15, -0.1) is 0 Å². The number of carbonyl (C=O) groups excluding carboxylic acids is 6. The number of primary amides is 1. The molecule has 5 N–H and O–H groups in total. The van der Waals surface area contributed by atoms with Crippen LogP contribution in [0.5, 0.6) is 0 Å². The zero-order chi connectivity index (χ0) is 34.4. The van der Waals surface area contributed by atoms with Gasteiger partial charge in [-0.05, 0) is 54.3 Å². The van der Waals surface area contributed by atoms with Gasteiger partial charge in [0.2, 0.25) is 23.5 Å². The van der Waals surface area contributed by atoms with Gasteiger partial charge in [0.05, 0.1) is 6.04 Å². The standard InChI is InChI=1S/C33H56N6O6/c1-17(2)38(11)28(43)24(31(3,4)5)36-30(45)37-25(32(6,7)8)29(44)39-16-19-21(33(19,9)10)22(39)27(42)35-20(23(40)26(34)41)15-18-13-12-14-18/h17-22,24-25H,12-16H2,1-11H3,(H2,34,41)(H,35,42)(H2,36,37,45)/t19-,20?,21-,22-,24+,25+/m0/s1. The van der Waals surface area contributed by atoms with E-state index in [1.54, 1.807) is 11.9 Å². The Morgan fingerprint density at radius 3 is 1.89 bits per heavy atom. The number of likely N-dealkylation sites (N-methyl/N-ethyl adjacent to an activating group) is 1. The molecule has 0 aromatic rings. The molecule has 3 fully saturated rings. The summed E-state index contributed by atoms with van der Waals surface area (Å²) < 4.78 is 0. The molecule has 3 aliphatic rings. The quantitative estimate of drug-likeness (QED) is 0.254. The van der Waals surface area contributed by atoms with Crippen molar-refractivity contribution in [2.45, 2.75) is 125 Å². The molecule has 0 radical (unpaired) electrons. The molecule has 12 nitrogen and oxygen atoms in total. The number of Topliss-reactive ketones (excluding diaryl/α,β-unsaturated/α-hetero) is 1. The first-order valence-electron chi connectivity index (χ1n) is 16.3. The maximum absolute atomic E-state index is 14.3. The molecule has 1 aliphatic heterocycles. The molecule has 0 bridgehead atoms. The molecular formula is C33H56N6O6. The Kier molecular flexibility index (Phi) is 10.4. The Morgan fingerprint density at radius 1 is 0.911 bits per heavy atom. The minimum Gasteiger partial charge on any atom is -0.363 e. The number of hydrogen-bond acceptors (Lipinski definition) is 6. The molecule has 0 aromatic carbocycles. The van der Waals surface area contributed by atoms with Crippen LogP contribution in [0.2, 0.25) is 0 Å². The first-order chi connectivity index (χ1) is 20.5. The molecule has 1 unspecified atom stereocenters. The largest absolute Gasteiger partial charge is 0.363 e. The lowest BCUT2D eigenvalue weighted by Crippen LogP contribution is -2.63. The van der Waals surface area contributed by atoms with Gasteiger partial charge in [-0.25, -0.2) is 4.79 Å². The van der Waals surface area contributed by atoms with E-state index in [1.165, 1.54) is 4.90 Å². The highest BCUT2D eigenvalue weighted by atomic mass is 16.2. The molecule has 0 spiro atoms. The lowest BCUT2D eigenvalue weighted by atomic mass is 9.80. The molecule has 2 saturated carbocycles. The van der Waals surface area contributed by atoms with E-state index in [0.29, 0.717) is 13.0 Å². The van der Waals surface area contributed by atoms with E-state index in [0.717, 1.165) is 19.3 Å². The highest BCUT2D eigenvalue weighted by Gasteiger charge is 2.70. The minimum absolute atomic E-state index is 0.0676. The molecule has 2 aliphatic carbocycles. The number of ketones is 1. The SMILES string of the molecule is CC(C)N(C)C(=O)[C@@H](NC(=O)N[C@H](C(=O)N1C[C@H]2[C@@H]([C@H]1C(=O)NC(CC1CCC1)C(=O)C(N)=O)C2(C)C)C(C)(C)C)C(C)(C)C. The van der Waals surface area contributed by atoms with Crippen LogP contribution in [0.3, 0.4) is 0 Å². The number of urea groups is 1. The summed E-state index contributed by atoms with van der Waals surface area (Å²) in [7, 11) is 1.69. The molecular weight excluding hydrogens is 576 g/mol. The van der Waals surface area contributed by atoms with Gasteiger partial charge in [0, 0.05) is 19.6 Å². The predicted molar refractivity (Wildman–Crippen MR) is 170 cm³/mol. The third-order valence-corrected chi connectivity index (χ3v) is 10.3. The summed E-state index contributed by atoms with van der Waals surface area (Å²) in [5.74, 6) is -2.94. The molecule has 45 heavy (non-hydrogen) atoms. The number of fused-ring (bicyclic) bond motifs is 1. The van der Waals surface area contributed by atoms with Crippen LogP contribution in [0.25, 0.3) is 0 Å². The average molecular weight is 633 g/mol. The van der Waals surface area contributed by atoms with Gasteiger partial charge >= 0.3 is 6.03 Å². The number of nitrogens with two attached hydrogens (primary N) is 1. The molecule has 0 aromatic heterocycles. The zero-order valence-corrected chi connectivity index (χ0v) is 29.1. The minimum atomic E-state index is -1.10. The number of amides is 6. The van der Waals surface area contributed by atoms with Gasteiger partial charge in [-0.1, -0.05) is 74.7 Å². The zero-order valence-electron chi connectivity index (χ0n) is 29.1. The number of rotatable bonds is 11. The predicted octanol–water partition coefficient (Wildman–Crippen LogP) is 2.19. The summed E-state index contributed by atoms with van der Waals surface area (Å²) >= 11 is 0. The van der Waals surface area contributed by atoms with Crippen LogP contribution in [-0.4, -0.2) is 89.0 Å². The highest BCUT2D eigenvalue weighted by Crippen LogP contribution is 2.65. The van der Waals surface area contributed by atoms with Gasteiger partial charge in [-0.2, -0.15) is 0 Å². The Hall–Kier alpha value is -3.18. The highest BCUT2D eigenvalue weighted by molar-refractivity contribution is 6.37. The number of likely N-dealkylation sites (tertiary alicyclic amines) is 1. The van der Waals surface area contributed by atoms with E-state index < -0.39 is 64.5 Å². The van der Waals surface area contributed by atoms with E-state index >= 15 is 0 Å². The third kappa shape index (κ3) is 7.80. The smallest absolute Gasteiger partial charge is 0.316 e. The van der Waals surface area contributed by atoms with Crippen molar-refractivity contribution >= 4 is 35.4 Å². The summed E-state index contributed by atoms with van der Waals surface area (Å²) in [5.41, 5.74) is 3.78. The fourth-order valence-corrected chi connectivity index (χ4v) is 6.76. The van der Waals surface area contributed by atoms with Crippen LogP contribution in [0.15, 0.2) is 0 Å². The van der Waals surface area contributed by atoms with E-state index in [4.69, 9.17) is 5.73 Å². The summed E-state index contributed by atoms with van der Waals surface area (Å²) in [6.07, 6.45) is 3.20. The van der Waals surface area contributed by atoms with Crippen LogP contribution in [-0.2, 0) is 24.0 Å². The van der Waals surface area contributed by atoms with Crippen molar-refractivity contribution in [1.82, 2.24) is 25.8 Å². The third-order valence-electron chi connectivity index (χ3n) is 10.3. The molecule has 12 heteroatoms. The maximum atomic E-state index is 14.3. The monoisotopic (exact) mass is 632 g/mol. The van der Waals surface area contributed by atoms with Crippen molar-refractivity contribution < 1.29 is 28.8 Å². The fourth-order valence-electron chi connectivity index (χ4n) is 6.76. The topological polar surface area (TPSA) is 171 Å². The van der Waals surface area contributed by atoms with Crippen LogP contribution in [0, 0.1) is 34.0 Å². The molecule has 1 heterocycles. The molecule has 6 amide bonds. The van der Waals surface area contributed by atoms with Crippen LogP contribution in [0.4, 0.5) is 4.79 Å². The Morgan fingerprint density at radius 2 is 1.44 bits per heavy atom. The lowest BCUT2D eigenvalue weighted by Gasteiger charge is -2.39. The van der Waals surface area contributed by atoms with Gasteiger partial charge in [-0.3, -0.25) is 24.0 Å². The van der Waals surface area contributed by atoms with Crippen molar-refractivity contribution in [3.63, 3.8) is 0 Å². The number of nitrogens with one attached hydrogen (secondary N) is 3. The summed E-state index contributed by atoms with van der Waals surface area (Å²) in [4.78, 5) is 82.5. The first-order valence-corrected chi connectivity index (χ1v) is 16.3. The number of hydrogen-bond donors (Lipinski definition) is 4. The first kappa shape index (κ1) is 36.3. The summed E-state index contributed by atoms with van der Waals surface area (Å²) in [5, 5.41) is 8.42. The molecule has 254 valence electrons. The summed E-state index contributed by atoms with van der Waals surface area (Å²) in [6.45, 7) is 19.3.